The molecule has 2 rings (SSSR count). The topological polar surface area (TPSA) is 61.2 Å². The molecule has 0 radical (unpaired) electrons. The van der Waals surface area contributed by atoms with Gasteiger partial charge >= 0.3 is 0 Å². The summed E-state index contributed by atoms with van der Waals surface area (Å²) < 4.78 is 26.4. The molecule has 1 aromatic carbocycles. The number of nitrogens with zero attached hydrogens (tertiary/aromatic N) is 2. The number of rotatable bonds is 3. The molecule has 0 spiro atoms. The maximum absolute atomic E-state index is 12.5. The third-order valence-corrected chi connectivity index (χ3v) is 7.01. The van der Waals surface area contributed by atoms with Gasteiger partial charge in [0.15, 0.2) is 0 Å². The van der Waals surface area contributed by atoms with E-state index in [-0.39, 0.29) is 12.0 Å². The molecule has 0 atom stereocenters. The van der Waals surface area contributed by atoms with Gasteiger partial charge in [-0.05, 0) is 50.3 Å². The molecule has 1 saturated carbocycles. The minimum atomic E-state index is -3.52. The summed E-state index contributed by atoms with van der Waals surface area (Å²) in [7, 11) is -3.52. The zero-order valence-electron chi connectivity index (χ0n) is 11.3. The highest BCUT2D eigenvalue weighted by Gasteiger charge is 2.32. The summed E-state index contributed by atoms with van der Waals surface area (Å²) in [5.41, 5.74) is 0.917. The largest absolute Gasteiger partial charge is 0.252 e. The van der Waals surface area contributed by atoms with E-state index >= 15 is 0 Å². The molecule has 4 nitrogen and oxygen atoms in total. The molecule has 0 aromatic heterocycles. The SMILES string of the molecule is Cc1cccc(S(=O)(=O)N(Br)C2CCC(C#N)CC2)c1. The second kappa shape index (κ2) is 6.25. The lowest BCUT2D eigenvalue weighted by Gasteiger charge is -2.30. The van der Waals surface area contributed by atoms with E-state index in [0.29, 0.717) is 17.7 Å². The van der Waals surface area contributed by atoms with Gasteiger partial charge in [-0.25, -0.2) is 8.42 Å². The molecule has 0 aliphatic heterocycles. The monoisotopic (exact) mass is 356 g/mol. The summed E-state index contributed by atoms with van der Waals surface area (Å²) in [4.78, 5) is 0.303. The van der Waals surface area contributed by atoms with Crippen LogP contribution in [0.2, 0.25) is 0 Å². The number of aryl methyl sites for hydroxylation is 1. The van der Waals surface area contributed by atoms with Crippen molar-refractivity contribution < 1.29 is 8.42 Å². The third-order valence-electron chi connectivity index (χ3n) is 3.68. The molecule has 0 N–H and O–H groups in total. The normalized spacial score (nSPS) is 23.5. The highest BCUT2D eigenvalue weighted by Crippen LogP contribution is 2.32. The Hall–Kier alpha value is -0.900. The number of nitriles is 1. The Labute approximate surface area is 128 Å². The number of halogens is 1. The zero-order valence-corrected chi connectivity index (χ0v) is 13.7. The summed E-state index contributed by atoms with van der Waals surface area (Å²) in [5, 5.41) is 8.89. The first-order valence-corrected chi connectivity index (χ1v) is 8.76. The van der Waals surface area contributed by atoms with Gasteiger partial charge in [-0.1, -0.05) is 12.1 Å². The maximum atomic E-state index is 12.5. The van der Waals surface area contributed by atoms with Crippen LogP contribution >= 0.6 is 16.1 Å². The van der Waals surface area contributed by atoms with Gasteiger partial charge in [0.2, 0.25) is 0 Å². The molecule has 1 aliphatic carbocycles. The molecular formula is C14H17BrN2O2S. The Morgan fingerprint density at radius 3 is 2.50 bits per heavy atom. The molecule has 20 heavy (non-hydrogen) atoms. The van der Waals surface area contributed by atoms with Crippen LogP contribution in [0.25, 0.3) is 0 Å². The predicted octanol–water partition coefficient (Wildman–Crippen LogP) is 3.38. The molecule has 0 unspecified atom stereocenters. The fraction of sp³-hybridized carbons (Fsp3) is 0.500. The quantitative estimate of drug-likeness (QED) is 0.779. The van der Waals surface area contributed by atoms with Crippen LogP contribution in [0.4, 0.5) is 0 Å². The lowest BCUT2D eigenvalue weighted by Crippen LogP contribution is -2.35. The average molecular weight is 357 g/mol. The van der Waals surface area contributed by atoms with Crippen LogP contribution < -0.4 is 0 Å². The van der Waals surface area contributed by atoms with E-state index < -0.39 is 10.0 Å². The third kappa shape index (κ3) is 3.22. The predicted molar refractivity (Wildman–Crippen MR) is 80.5 cm³/mol. The van der Waals surface area contributed by atoms with E-state index in [9.17, 15) is 8.42 Å². The summed E-state index contributed by atoms with van der Waals surface area (Å²) in [6.07, 6.45) is 2.95. The van der Waals surface area contributed by atoms with Gasteiger partial charge in [-0.15, -0.1) is 3.33 Å². The van der Waals surface area contributed by atoms with Crippen LogP contribution in [0.5, 0.6) is 0 Å². The molecule has 0 bridgehead atoms. The molecule has 1 aromatic rings. The summed E-state index contributed by atoms with van der Waals surface area (Å²) in [6, 6.07) is 9.08. The van der Waals surface area contributed by atoms with Gasteiger partial charge in [0.05, 0.1) is 11.0 Å². The van der Waals surface area contributed by atoms with Crippen molar-refractivity contribution in [2.45, 2.75) is 43.5 Å². The molecule has 1 fully saturated rings. The van der Waals surface area contributed by atoms with Gasteiger partial charge < -0.3 is 0 Å². The second-order valence-electron chi connectivity index (χ2n) is 5.20. The number of sulfonamides is 1. The Kier molecular flexibility index (Phi) is 4.84. The van der Waals surface area contributed by atoms with Crippen LogP contribution in [-0.4, -0.2) is 17.8 Å². The highest BCUT2D eigenvalue weighted by atomic mass is 79.9. The standard InChI is InChI=1S/C14H17BrN2O2S/c1-11-3-2-4-14(9-11)20(18,19)17(15)13-7-5-12(10-16)6-8-13/h2-4,9,12-13H,5-8H2,1H3. The van der Waals surface area contributed by atoms with E-state index in [1.807, 2.05) is 13.0 Å². The maximum Gasteiger partial charge on any atom is 0.252 e. The number of hydrogen-bond donors (Lipinski definition) is 0. The Morgan fingerprint density at radius 1 is 1.30 bits per heavy atom. The Bertz CT molecular complexity index is 616. The minimum absolute atomic E-state index is 0.0637. The second-order valence-corrected chi connectivity index (χ2v) is 8.25. The van der Waals surface area contributed by atoms with Crippen molar-refractivity contribution in [3.05, 3.63) is 29.8 Å². The van der Waals surface area contributed by atoms with Crippen LogP contribution in [0.3, 0.4) is 0 Å². The summed E-state index contributed by atoms with van der Waals surface area (Å²) in [6.45, 7) is 1.87. The van der Waals surface area contributed by atoms with Gasteiger partial charge in [0.25, 0.3) is 10.0 Å². The zero-order chi connectivity index (χ0) is 14.8. The Morgan fingerprint density at radius 2 is 1.95 bits per heavy atom. The fourth-order valence-electron chi connectivity index (χ4n) is 2.48. The van der Waals surface area contributed by atoms with Gasteiger partial charge in [-0.3, -0.25) is 0 Å². The van der Waals surface area contributed by atoms with Crippen molar-refractivity contribution in [3.63, 3.8) is 0 Å². The lowest BCUT2D eigenvalue weighted by molar-refractivity contribution is 0.315. The molecule has 0 heterocycles. The number of benzene rings is 1. The van der Waals surface area contributed by atoms with Crippen molar-refractivity contribution in [1.29, 1.82) is 5.26 Å². The fourth-order valence-corrected chi connectivity index (χ4v) is 4.78. The first kappa shape index (κ1) is 15.5. The van der Waals surface area contributed by atoms with E-state index in [1.54, 1.807) is 18.2 Å². The van der Waals surface area contributed by atoms with Crippen LogP contribution in [-0.2, 0) is 10.0 Å². The smallest absolute Gasteiger partial charge is 0.206 e. The van der Waals surface area contributed by atoms with E-state index in [1.165, 1.54) is 3.33 Å². The molecule has 6 heteroatoms. The van der Waals surface area contributed by atoms with Gasteiger partial charge in [0, 0.05) is 28.1 Å². The first-order valence-electron chi connectivity index (χ1n) is 6.61. The molecule has 0 amide bonds. The van der Waals surface area contributed by atoms with Crippen LogP contribution in [0.1, 0.15) is 31.2 Å². The van der Waals surface area contributed by atoms with Crippen LogP contribution in [0, 0.1) is 24.2 Å². The molecule has 108 valence electrons. The van der Waals surface area contributed by atoms with Crippen molar-refractivity contribution in [3.8, 4) is 6.07 Å². The minimum Gasteiger partial charge on any atom is -0.206 e. The van der Waals surface area contributed by atoms with E-state index in [0.717, 1.165) is 18.4 Å². The first-order chi connectivity index (χ1) is 9.45. The highest BCUT2D eigenvalue weighted by molar-refractivity contribution is 9.08. The average Bonchev–Trinajstić information content (AvgIpc) is 2.46. The Balaban J connectivity index is 2.16. The lowest BCUT2D eigenvalue weighted by atomic mass is 9.87. The molecular weight excluding hydrogens is 340 g/mol. The van der Waals surface area contributed by atoms with Gasteiger partial charge in [0.1, 0.15) is 0 Å². The van der Waals surface area contributed by atoms with Crippen LogP contribution in [0.15, 0.2) is 29.2 Å². The summed E-state index contributed by atoms with van der Waals surface area (Å²) in [5.74, 6) is 0.0637. The van der Waals surface area contributed by atoms with Crippen molar-refractivity contribution in [2.24, 2.45) is 5.92 Å². The van der Waals surface area contributed by atoms with Crippen molar-refractivity contribution in [1.82, 2.24) is 3.33 Å². The van der Waals surface area contributed by atoms with Crippen molar-refractivity contribution >= 4 is 26.2 Å². The van der Waals surface area contributed by atoms with E-state index in [2.05, 4.69) is 22.2 Å². The molecule has 0 saturated heterocycles. The van der Waals surface area contributed by atoms with Gasteiger partial charge in [-0.2, -0.15) is 5.26 Å². The summed E-state index contributed by atoms with van der Waals surface area (Å²) >= 11 is 3.23. The van der Waals surface area contributed by atoms with Crippen molar-refractivity contribution in [2.75, 3.05) is 0 Å². The number of hydrogen-bond acceptors (Lipinski definition) is 3. The van der Waals surface area contributed by atoms with E-state index in [4.69, 9.17) is 5.26 Å². The molecule has 1 aliphatic rings.